The third-order valence-corrected chi connectivity index (χ3v) is 5.44. The number of carbonyl (C=O) groups is 1. The van der Waals surface area contributed by atoms with Gasteiger partial charge >= 0.3 is 5.69 Å². The van der Waals surface area contributed by atoms with Crippen LogP contribution in [0.15, 0.2) is 70.4 Å². The lowest BCUT2D eigenvalue weighted by molar-refractivity contribution is -0.387. The number of hydrogen-bond donors (Lipinski definition) is 1. The van der Waals surface area contributed by atoms with Crippen molar-refractivity contribution in [1.82, 2.24) is 14.8 Å². The molecule has 2 heterocycles. The van der Waals surface area contributed by atoms with E-state index in [-0.39, 0.29) is 11.4 Å². The smallest absolute Gasteiger partial charge is 0.306 e. The summed E-state index contributed by atoms with van der Waals surface area (Å²) < 4.78 is 20.7. The van der Waals surface area contributed by atoms with E-state index in [1.54, 1.807) is 12.3 Å². The zero-order chi connectivity index (χ0) is 22.7. The van der Waals surface area contributed by atoms with Crippen molar-refractivity contribution in [3.63, 3.8) is 0 Å². The molecule has 0 radical (unpaired) electrons. The van der Waals surface area contributed by atoms with Crippen molar-refractivity contribution in [2.75, 3.05) is 11.1 Å². The van der Waals surface area contributed by atoms with E-state index in [0.29, 0.717) is 16.7 Å². The predicted octanol–water partition coefficient (Wildman–Crippen LogP) is 4.61. The molecule has 9 nitrogen and oxygen atoms in total. The minimum Gasteiger partial charge on any atom is -0.469 e. The van der Waals surface area contributed by atoms with Crippen LogP contribution < -0.4 is 5.32 Å². The third kappa shape index (κ3) is 4.37. The SMILES string of the molecule is Cc1occc1-c1nnc(SCC(=O)Nc2ccc(F)c([N+](=O)[O-])c2)n1-c1ccccc1. The maximum absolute atomic E-state index is 13.5. The molecular weight excluding hydrogens is 437 g/mol. The normalized spacial score (nSPS) is 10.8. The zero-order valence-electron chi connectivity index (χ0n) is 16.7. The van der Waals surface area contributed by atoms with E-state index >= 15 is 0 Å². The standard InChI is InChI=1S/C21H16FN5O4S/c1-13-16(9-10-31-13)20-24-25-21(26(20)15-5-3-2-4-6-15)32-12-19(28)23-14-7-8-17(22)18(11-14)27(29)30/h2-11H,12H2,1H3,(H,23,28). The van der Waals surface area contributed by atoms with E-state index in [9.17, 15) is 19.3 Å². The number of nitro groups is 1. The van der Waals surface area contributed by atoms with E-state index in [4.69, 9.17) is 4.42 Å². The minimum absolute atomic E-state index is 0.0412. The molecule has 2 aromatic heterocycles. The third-order valence-electron chi connectivity index (χ3n) is 4.51. The number of aromatic nitrogens is 3. The zero-order valence-corrected chi connectivity index (χ0v) is 17.5. The second-order valence-electron chi connectivity index (χ2n) is 6.63. The quantitative estimate of drug-likeness (QED) is 0.247. The number of amides is 1. The molecule has 0 aliphatic carbocycles. The van der Waals surface area contributed by atoms with Crippen LogP contribution in [0.2, 0.25) is 0 Å². The predicted molar refractivity (Wildman–Crippen MR) is 116 cm³/mol. The molecule has 4 rings (SSSR count). The molecule has 0 saturated heterocycles. The largest absolute Gasteiger partial charge is 0.469 e. The number of aryl methyl sites for hydroxylation is 1. The summed E-state index contributed by atoms with van der Waals surface area (Å²) in [5.74, 6) is -0.193. The van der Waals surface area contributed by atoms with Crippen molar-refractivity contribution in [3.05, 3.63) is 82.6 Å². The monoisotopic (exact) mass is 453 g/mol. The lowest BCUT2D eigenvalue weighted by Gasteiger charge is -2.10. The molecule has 1 amide bonds. The Morgan fingerprint density at radius 3 is 2.69 bits per heavy atom. The van der Waals surface area contributed by atoms with Gasteiger partial charge in [-0.3, -0.25) is 19.5 Å². The molecule has 4 aromatic rings. The van der Waals surface area contributed by atoms with Gasteiger partial charge in [-0.05, 0) is 37.3 Å². The number of para-hydroxylation sites is 1. The molecule has 0 aliphatic rings. The van der Waals surface area contributed by atoms with Crippen LogP contribution in [0.25, 0.3) is 17.1 Å². The minimum atomic E-state index is -0.972. The Morgan fingerprint density at radius 2 is 2.00 bits per heavy atom. The van der Waals surface area contributed by atoms with Gasteiger partial charge in [0.15, 0.2) is 11.0 Å². The number of rotatable bonds is 7. The van der Waals surface area contributed by atoms with Crippen LogP contribution in [-0.4, -0.2) is 31.3 Å². The lowest BCUT2D eigenvalue weighted by Crippen LogP contribution is -2.15. The van der Waals surface area contributed by atoms with Crippen molar-refractivity contribution in [2.45, 2.75) is 12.1 Å². The highest BCUT2D eigenvalue weighted by Gasteiger charge is 2.20. The topological polar surface area (TPSA) is 116 Å². The van der Waals surface area contributed by atoms with E-state index in [0.717, 1.165) is 35.1 Å². The molecule has 1 N–H and O–H groups in total. The fourth-order valence-electron chi connectivity index (χ4n) is 3.02. The molecule has 0 bridgehead atoms. The van der Waals surface area contributed by atoms with Crippen molar-refractivity contribution in [3.8, 4) is 17.1 Å². The second kappa shape index (κ2) is 9.02. The van der Waals surface area contributed by atoms with Crippen molar-refractivity contribution in [2.24, 2.45) is 0 Å². The van der Waals surface area contributed by atoms with Gasteiger partial charge in [-0.15, -0.1) is 10.2 Å². The average Bonchev–Trinajstić information content (AvgIpc) is 3.39. The molecule has 162 valence electrons. The van der Waals surface area contributed by atoms with Gasteiger partial charge in [0.2, 0.25) is 11.7 Å². The molecule has 0 fully saturated rings. The number of nitrogens with one attached hydrogen (secondary N) is 1. The number of nitrogens with zero attached hydrogens (tertiary/aromatic N) is 4. The summed E-state index contributed by atoms with van der Waals surface area (Å²) in [6.45, 7) is 1.82. The van der Waals surface area contributed by atoms with E-state index in [1.165, 1.54) is 6.07 Å². The van der Waals surface area contributed by atoms with Crippen LogP contribution in [-0.2, 0) is 4.79 Å². The first kappa shape index (κ1) is 21.2. The summed E-state index contributed by atoms with van der Waals surface area (Å²) in [5, 5.41) is 22.4. The Kier molecular flexibility index (Phi) is 5.99. The molecule has 2 aromatic carbocycles. The molecule has 0 spiro atoms. The Hall–Kier alpha value is -3.99. The van der Waals surface area contributed by atoms with Gasteiger partial charge in [0.1, 0.15) is 5.76 Å². The van der Waals surface area contributed by atoms with Gasteiger partial charge in [-0.1, -0.05) is 30.0 Å². The van der Waals surface area contributed by atoms with Crippen LogP contribution in [0, 0.1) is 22.9 Å². The Bertz CT molecular complexity index is 1290. The number of benzene rings is 2. The summed E-state index contributed by atoms with van der Waals surface area (Å²) in [7, 11) is 0. The first-order valence-electron chi connectivity index (χ1n) is 9.36. The molecule has 32 heavy (non-hydrogen) atoms. The van der Waals surface area contributed by atoms with Crippen LogP contribution in [0.4, 0.5) is 15.8 Å². The van der Waals surface area contributed by atoms with E-state index in [2.05, 4.69) is 15.5 Å². The van der Waals surface area contributed by atoms with E-state index in [1.807, 2.05) is 41.8 Å². The Morgan fingerprint density at radius 1 is 1.22 bits per heavy atom. The molecular formula is C21H16FN5O4S. The molecule has 11 heteroatoms. The van der Waals surface area contributed by atoms with Crippen LogP contribution in [0.1, 0.15) is 5.76 Å². The number of anilines is 1. The lowest BCUT2D eigenvalue weighted by atomic mass is 10.2. The summed E-state index contributed by atoms with van der Waals surface area (Å²) in [4.78, 5) is 22.5. The fraction of sp³-hybridized carbons (Fsp3) is 0.0952. The molecule has 0 saturated carbocycles. The first-order valence-corrected chi connectivity index (χ1v) is 10.3. The van der Waals surface area contributed by atoms with Gasteiger partial charge in [0, 0.05) is 17.4 Å². The number of hydrogen-bond acceptors (Lipinski definition) is 7. The Balaban J connectivity index is 1.56. The van der Waals surface area contributed by atoms with Crippen molar-refractivity contribution < 1.29 is 18.5 Å². The second-order valence-corrected chi connectivity index (χ2v) is 7.57. The van der Waals surface area contributed by atoms with Gasteiger partial charge in [0.05, 0.1) is 22.5 Å². The highest BCUT2D eigenvalue weighted by Crippen LogP contribution is 2.30. The number of furan rings is 1. The molecule has 0 aliphatic heterocycles. The number of thioether (sulfide) groups is 1. The summed E-state index contributed by atoms with van der Waals surface area (Å²) in [5.41, 5.74) is 1.00. The first-order chi connectivity index (χ1) is 15.4. The van der Waals surface area contributed by atoms with Crippen LogP contribution in [0.5, 0.6) is 0 Å². The van der Waals surface area contributed by atoms with Crippen molar-refractivity contribution in [1.29, 1.82) is 0 Å². The number of halogens is 1. The number of carbonyl (C=O) groups excluding carboxylic acids is 1. The highest BCUT2D eigenvalue weighted by molar-refractivity contribution is 7.99. The van der Waals surface area contributed by atoms with Crippen molar-refractivity contribution >= 4 is 29.0 Å². The van der Waals surface area contributed by atoms with Gasteiger partial charge < -0.3 is 9.73 Å². The molecule has 0 unspecified atom stereocenters. The van der Waals surface area contributed by atoms with Crippen LogP contribution >= 0.6 is 11.8 Å². The summed E-state index contributed by atoms with van der Waals surface area (Å²) in [6, 6.07) is 14.4. The van der Waals surface area contributed by atoms with E-state index < -0.39 is 22.3 Å². The fourth-order valence-corrected chi connectivity index (χ4v) is 3.77. The average molecular weight is 453 g/mol. The maximum Gasteiger partial charge on any atom is 0.306 e. The molecule has 0 atom stereocenters. The summed E-state index contributed by atoms with van der Waals surface area (Å²) in [6.07, 6.45) is 1.57. The summed E-state index contributed by atoms with van der Waals surface area (Å²) >= 11 is 1.15. The maximum atomic E-state index is 13.5. The van der Waals surface area contributed by atoms with Gasteiger partial charge in [-0.25, -0.2) is 0 Å². The number of nitro benzene ring substituents is 1. The van der Waals surface area contributed by atoms with Gasteiger partial charge in [-0.2, -0.15) is 4.39 Å². The highest BCUT2D eigenvalue weighted by atomic mass is 32.2. The van der Waals surface area contributed by atoms with Crippen LogP contribution in [0.3, 0.4) is 0 Å². The Labute approximate surface area is 185 Å². The van der Waals surface area contributed by atoms with Gasteiger partial charge in [0.25, 0.3) is 0 Å².